The summed E-state index contributed by atoms with van der Waals surface area (Å²) in [6.07, 6.45) is 3.44. The number of hydrogen-bond acceptors (Lipinski definition) is 5. The largest absolute Gasteiger partial charge is 0.470 e. The SMILES string of the molecule is O=[N+]([O-])c1cccnc1OC[C@@H]1CCCO1. The minimum Gasteiger partial charge on any atom is -0.470 e. The molecule has 0 aliphatic carbocycles. The molecule has 0 saturated carbocycles. The quantitative estimate of drug-likeness (QED) is 0.573. The van der Waals surface area contributed by atoms with Gasteiger partial charge in [0.15, 0.2) is 0 Å². The number of aromatic nitrogens is 1. The zero-order chi connectivity index (χ0) is 11.4. The van der Waals surface area contributed by atoms with E-state index in [-0.39, 0.29) is 17.7 Å². The summed E-state index contributed by atoms with van der Waals surface area (Å²) in [5.74, 6) is 0.0583. The molecule has 0 amide bonds. The van der Waals surface area contributed by atoms with Gasteiger partial charge >= 0.3 is 5.69 Å². The topological polar surface area (TPSA) is 74.5 Å². The highest BCUT2D eigenvalue weighted by Crippen LogP contribution is 2.23. The van der Waals surface area contributed by atoms with Gasteiger partial charge in [-0.25, -0.2) is 4.98 Å². The molecular formula is C10H12N2O4. The fourth-order valence-corrected chi connectivity index (χ4v) is 1.58. The maximum absolute atomic E-state index is 10.7. The molecule has 6 nitrogen and oxygen atoms in total. The zero-order valence-electron chi connectivity index (χ0n) is 8.67. The van der Waals surface area contributed by atoms with Crippen LogP contribution in [0, 0.1) is 10.1 Å². The molecule has 1 fully saturated rings. The van der Waals surface area contributed by atoms with Crippen molar-refractivity contribution in [3.8, 4) is 5.88 Å². The maximum atomic E-state index is 10.7. The smallest absolute Gasteiger partial charge is 0.330 e. The Hall–Kier alpha value is -1.69. The monoisotopic (exact) mass is 224 g/mol. The van der Waals surface area contributed by atoms with Crippen LogP contribution in [0.25, 0.3) is 0 Å². The molecule has 6 heteroatoms. The van der Waals surface area contributed by atoms with Crippen molar-refractivity contribution >= 4 is 5.69 Å². The Balaban J connectivity index is 2.00. The van der Waals surface area contributed by atoms with Crippen molar-refractivity contribution in [2.45, 2.75) is 18.9 Å². The second-order valence-electron chi connectivity index (χ2n) is 3.53. The lowest BCUT2D eigenvalue weighted by molar-refractivity contribution is -0.386. The van der Waals surface area contributed by atoms with Gasteiger partial charge in [0.1, 0.15) is 6.61 Å². The minimum absolute atomic E-state index is 0.0293. The van der Waals surface area contributed by atoms with Gasteiger partial charge in [0.05, 0.1) is 11.0 Å². The Kier molecular flexibility index (Phi) is 3.31. The predicted molar refractivity (Wildman–Crippen MR) is 55.4 cm³/mol. The van der Waals surface area contributed by atoms with E-state index in [1.165, 1.54) is 18.3 Å². The van der Waals surface area contributed by atoms with Crippen LogP contribution in [-0.4, -0.2) is 29.2 Å². The number of ether oxygens (including phenoxy) is 2. The van der Waals surface area contributed by atoms with Gasteiger partial charge in [0.25, 0.3) is 5.88 Å². The van der Waals surface area contributed by atoms with E-state index < -0.39 is 4.92 Å². The molecule has 1 saturated heterocycles. The summed E-state index contributed by atoms with van der Waals surface area (Å²) in [5.41, 5.74) is -0.111. The average molecular weight is 224 g/mol. The van der Waals surface area contributed by atoms with Crippen LogP contribution in [0.5, 0.6) is 5.88 Å². The third-order valence-corrected chi connectivity index (χ3v) is 2.38. The molecule has 2 rings (SSSR count). The number of nitro groups is 1. The molecule has 16 heavy (non-hydrogen) atoms. The molecule has 0 aromatic carbocycles. The van der Waals surface area contributed by atoms with Gasteiger partial charge in [-0.15, -0.1) is 0 Å². The molecule has 1 aromatic rings. The van der Waals surface area contributed by atoms with E-state index in [9.17, 15) is 10.1 Å². The van der Waals surface area contributed by atoms with E-state index in [0.29, 0.717) is 6.61 Å². The van der Waals surface area contributed by atoms with Crippen molar-refractivity contribution in [2.24, 2.45) is 0 Å². The van der Waals surface area contributed by atoms with Crippen molar-refractivity contribution in [1.82, 2.24) is 4.98 Å². The maximum Gasteiger partial charge on any atom is 0.330 e. The van der Waals surface area contributed by atoms with Crippen LogP contribution in [0.2, 0.25) is 0 Å². The third-order valence-electron chi connectivity index (χ3n) is 2.38. The van der Waals surface area contributed by atoms with Gasteiger partial charge in [-0.05, 0) is 18.9 Å². The third kappa shape index (κ3) is 2.46. The Morgan fingerprint density at radius 2 is 2.56 bits per heavy atom. The summed E-state index contributed by atoms with van der Waals surface area (Å²) in [6, 6.07) is 2.88. The second-order valence-corrected chi connectivity index (χ2v) is 3.53. The van der Waals surface area contributed by atoms with Crippen molar-refractivity contribution in [3.63, 3.8) is 0 Å². The molecule has 1 atom stereocenters. The summed E-state index contributed by atoms with van der Waals surface area (Å²) in [5, 5.41) is 10.7. The number of rotatable bonds is 4. The summed E-state index contributed by atoms with van der Waals surface area (Å²) in [6.45, 7) is 1.05. The van der Waals surface area contributed by atoms with Gasteiger partial charge in [-0.1, -0.05) is 0 Å². The predicted octanol–water partition coefficient (Wildman–Crippen LogP) is 1.55. The molecule has 1 aliphatic rings. The van der Waals surface area contributed by atoms with E-state index >= 15 is 0 Å². The number of pyridine rings is 1. The Bertz CT molecular complexity index is 377. The van der Waals surface area contributed by atoms with E-state index in [0.717, 1.165) is 19.4 Å². The Morgan fingerprint density at radius 3 is 3.25 bits per heavy atom. The highest BCUT2D eigenvalue weighted by molar-refractivity contribution is 5.39. The van der Waals surface area contributed by atoms with Crippen molar-refractivity contribution < 1.29 is 14.4 Å². The van der Waals surface area contributed by atoms with E-state index in [1.54, 1.807) is 0 Å². The van der Waals surface area contributed by atoms with E-state index in [2.05, 4.69) is 4.98 Å². The van der Waals surface area contributed by atoms with Crippen LogP contribution in [-0.2, 0) is 4.74 Å². The van der Waals surface area contributed by atoms with Crippen LogP contribution in [0.4, 0.5) is 5.69 Å². The molecule has 0 bridgehead atoms. The molecule has 0 unspecified atom stereocenters. The molecule has 86 valence electrons. The summed E-state index contributed by atoms with van der Waals surface area (Å²) in [4.78, 5) is 14.0. The molecule has 1 aliphatic heterocycles. The summed E-state index contributed by atoms with van der Waals surface area (Å²) >= 11 is 0. The number of nitrogens with zero attached hydrogens (tertiary/aromatic N) is 2. The minimum atomic E-state index is -0.502. The highest BCUT2D eigenvalue weighted by Gasteiger charge is 2.20. The lowest BCUT2D eigenvalue weighted by Crippen LogP contribution is -2.17. The van der Waals surface area contributed by atoms with E-state index in [1.807, 2.05) is 0 Å². The van der Waals surface area contributed by atoms with Gasteiger partial charge in [-0.2, -0.15) is 0 Å². The molecule has 0 N–H and O–H groups in total. The standard InChI is InChI=1S/C10H12N2O4/c13-12(14)9-4-1-5-11-10(9)16-7-8-3-2-6-15-8/h1,4-5,8H,2-3,6-7H2/t8-/m0/s1. The van der Waals surface area contributed by atoms with Crippen molar-refractivity contribution in [3.05, 3.63) is 28.4 Å². The summed E-state index contributed by atoms with van der Waals surface area (Å²) in [7, 11) is 0. The van der Waals surface area contributed by atoms with Crippen molar-refractivity contribution in [1.29, 1.82) is 0 Å². The first-order valence-corrected chi connectivity index (χ1v) is 5.11. The van der Waals surface area contributed by atoms with Gasteiger partial charge in [0.2, 0.25) is 0 Å². The first-order chi connectivity index (χ1) is 7.77. The van der Waals surface area contributed by atoms with Gasteiger partial charge in [0, 0.05) is 18.9 Å². The molecular weight excluding hydrogens is 212 g/mol. The van der Waals surface area contributed by atoms with Crippen LogP contribution in [0.15, 0.2) is 18.3 Å². The van der Waals surface area contributed by atoms with Gasteiger partial charge in [-0.3, -0.25) is 10.1 Å². The van der Waals surface area contributed by atoms with Crippen LogP contribution in [0.1, 0.15) is 12.8 Å². The normalized spacial score (nSPS) is 19.6. The Morgan fingerprint density at radius 1 is 1.69 bits per heavy atom. The highest BCUT2D eigenvalue weighted by atomic mass is 16.6. The molecule has 2 heterocycles. The van der Waals surface area contributed by atoms with E-state index in [4.69, 9.17) is 9.47 Å². The van der Waals surface area contributed by atoms with Crippen LogP contribution >= 0.6 is 0 Å². The number of hydrogen-bond donors (Lipinski definition) is 0. The second kappa shape index (κ2) is 4.89. The first-order valence-electron chi connectivity index (χ1n) is 5.11. The zero-order valence-corrected chi connectivity index (χ0v) is 8.67. The molecule has 0 radical (unpaired) electrons. The fraction of sp³-hybridized carbons (Fsp3) is 0.500. The molecule has 0 spiro atoms. The summed E-state index contributed by atoms with van der Waals surface area (Å²) < 4.78 is 10.7. The van der Waals surface area contributed by atoms with Crippen molar-refractivity contribution in [2.75, 3.05) is 13.2 Å². The van der Waals surface area contributed by atoms with Crippen LogP contribution in [0.3, 0.4) is 0 Å². The Labute approximate surface area is 92.3 Å². The lowest BCUT2D eigenvalue weighted by atomic mass is 10.2. The molecule has 1 aromatic heterocycles. The lowest BCUT2D eigenvalue weighted by Gasteiger charge is -2.10. The van der Waals surface area contributed by atoms with Crippen LogP contribution < -0.4 is 4.74 Å². The fourth-order valence-electron chi connectivity index (χ4n) is 1.58. The average Bonchev–Trinajstić information content (AvgIpc) is 2.79. The van der Waals surface area contributed by atoms with Gasteiger partial charge < -0.3 is 9.47 Å². The first kappa shape index (κ1) is 10.8.